The van der Waals surface area contributed by atoms with Crippen molar-refractivity contribution in [2.45, 2.75) is 6.42 Å². The van der Waals surface area contributed by atoms with Gasteiger partial charge in [-0.25, -0.2) is 4.39 Å². The number of amides is 2. The number of rotatable bonds is 5. The van der Waals surface area contributed by atoms with Crippen LogP contribution in [0.15, 0.2) is 53.0 Å². The molecule has 0 saturated carbocycles. The maximum Gasteiger partial charge on any atom is 0.251 e. The van der Waals surface area contributed by atoms with Gasteiger partial charge < -0.3 is 10.6 Å². The lowest BCUT2D eigenvalue weighted by atomic mass is 10.2. The lowest BCUT2D eigenvalue weighted by Gasteiger charge is -2.07. The Labute approximate surface area is 135 Å². The van der Waals surface area contributed by atoms with Gasteiger partial charge in [0.15, 0.2) is 0 Å². The number of hydrogen-bond donors (Lipinski definition) is 2. The van der Waals surface area contributed by atoms with E-state index in [1.54, 1.807) is 30.3 Å². The van der Waals surface area contributed by atoms with Crippen molar-refractivity contribution in [1.82, 2.24) is 5.32 Å². The monoisotopic (exact) mass is 364 g/mol. The van der Waals surface area contributed by atoms with Crippen molar-refractivity contribution < 1.29 is 14.0 Å². The molecule has 0 aliphatic rings. The van der Waals surface area contributed by atoms with E-state index in [-0.39, 0.29) is 24.8 Å². The van der Waals surface area contributed by atoms with Crippen molar-refractivity contribution in [1.29, 1.82) is 0 Å². The van der Waals surface area contributed by atoms with E-state index in [0.717, 1.165) is 4.47 Å². The van der Waals surface area contributed by atoms with E-state index in [4.69, 9.17) is 0 Å². The zero-order valence-corrected chi connectivity index (χ0v) is 13.2. The molecule has 0 aromatic heterocycles. The van der Waals surface area contributed by atoms with Crippen LogP contribution in [-0.4, -0.2) is 18.4 Å². The van der Waals surface area contributed by atoms with Gasteiger partial charge in [-0.3, -0.25) is 9.59 Å². The summed E-state index contributed by atoms with van der Waals surface area (Å²) in [5, 5.41) is 5.22. The quantitative estimate of drug-likeness (QED) is 0.854. The summed E-state index contributed by atoms with van der Waals surface area (Å²) in [5.74, 6) is -0.950. The second kappa shape index (κ2) is 7.70. The van der Waals surface area contributed by atoms with Gasteiger partial charge in [-0.05, 0) is 42.5 Å². The van der Waals surface area contributed by atoms with Gasteiger partial charge in [-0.2, -0.15) is 0 Å². The Balaban J connectivity index is 1.77. The summed E-state index contributed by atoms with van der Waals surface area (Å²) < 4.78 is 13.9. The minimum Gasteiger partial charge on any atom is -0.352 e. The summed E-state index contributed by atoms with van der Waals surface area (Å²) in [5.41, 5.74) is 0.915. The van der Waals surface area contributed by atoms with Crippen LogP contribution < -0.4 is 10.6 Å². The Morgan fingerprint density at radius 3 is 2.50 bits per heavy atom. The second-order valence-electron chi connectivity index (χ2n) is 4.57. The van der Waals surface area contributed by atoms with Crippen molar-refractivity contribution in [2.24, 2.45) is 0 Å². The molecule has 0 saturated heterocycles. The van der Waals surface area contributed by atoms with Gasteiger partial charge in [-0.15, -0.1) is 0 Å². The number of benzene rings is 2. The van der Waals surface area contributed by atoms with Gasteiger partial charge in [0, 0.05) is 28.7 Å². The van der Waals surface area contributed by atoms with E-state index in [1.807, 2.05) is 0 Å². The van der Waals surface area contributed by atoms with Crippen LogP contribution in [0.1, 0.15) is 16.8 Å². The van der Waals surface area contributed by atoms with Crippen LogP contribution in [-0.2, 0) is 4.79 Å². The highest BCUT2D eigenvalue weighted by molar-refractivity contribution is 9.10. The van der Waals surface area contributed by atoms with Crippen LogP contribution in [0.2, 0.25) is 0 Å². The van der Waals surface area contributed by atoms with E-state index in [2.05, 4.69) is 26.6 Å². The molecule has 0 unspecified atom stereocenters. The number of hydrogen-bond acceptors (Lipinski definition) is 2. The molecule has 114 valence electrons. The van der Waals surface area contributed by atoms with E-state index >= 15 is 0 Å². The van der Waals surface area contributed by atoms with Crippen LogP contribution in [0.4, 0.5) is 10.1 Å². The molecule has 22 heavy (non-hydrogen) atoms. The molecule has 2 rings (SSSR count). The molecule has 2 amide bonds. The highest BCUT2D eigenvalue weighted by Crippen LogP contribution is 2.11. The standard InChI is InChI=1S/C16H14BrFN2O2/c17-12-6-4-11(5-7-12)16(22)19-9-8-15(21)20-14-3-1-2-13(18)10-14/h1-7,10H,8-9H2,(H,19,22)(H,20,21). The Bertz CT molecular complexity index is 674. The Hall–Kier alpha value is -2.21. The van der Waals surface area contributed by atoms with Crippen LogP contribution >= 0.6 is 15.9 Å². The molecule has 2 aromatic carbocycles. The van der Waals surface area contributed by atoms with Crippen LogP contribution in [0, 0.1) is 5.82 Å². The summed E-state index contributed by atoms with van der Waals surface area (Å²) in [6.07, 6.45) is 0.110. The third kappa shape index (κ3) is 4.96. The predicted octanol–water partition coefficient (Wildman–Crippen LogP) is 3.35. The number of nitrogens with one attached hydrogen (secondary N) is 2. The number of carbonyl (C=O) groups is 2. The summed E-state index contributed by atoms with van der Waals surface area (Å²) in [4.78, 5) is 23.5. The minimum atomic E-state index is -0.415. The van der Waals surface area contributed by atoms with Crippen molar-refractivity contribution in [2.75, 3.05) is 11.9 Å². The van der Waals surface area contributed by atoms with E-state index in [1.165, 1.54) is 18.2 Å². The van der Waals surface area contributed by atoms with Gasteiger partial charge in [-0.1, -0.05) is 22.0 Å². The first-order valence-corrected chi connectivity index (χ1v) is 7.43. The third-order valence-electron chi connectivity index (χ3n) is 2.85. The molecule has 0 spiro atoms. The topological polar surface area (TPSA) is 58.2 Å². The van der Waals surface area contributed by atoms with Gasteiger partial charge in [0.25, 0.3) is 5.91 Å². The van der Waals surface area contributed by atoms with Crippen molar-refractivity contribution in [3.05, 3.63) is 64.4 Å². The van der Waals surface area contributed by atoms with E-state index < -0.39 is 5.82 Å². The van der Waals surface area contributed by atoms with Gasteiger partial charge in [0.1, 0.15) is 5.82 Å². The fourth-order valence-electron chi connectivity index (χ4n) is 1.78. The van der Waals surface area contributed by atoms with Crippen LogP contribution in [0.5, 0.6) is 0 Å². The zero-order valence-electron chi connectivity index (χ0n) is 11.6. The number of carbonyl (C=O) groups excluding carboxylic acids is 2. The summed E-state index contributed by atoms with van der Waals surface area (Å²) in [7, 11) is 0. The first-order valence-electron chi connectivity index (χ1n) is 6.64. The molecule has 0 aliphatic carbocycles. The maximum atomic E-state index is 13.0. The first-order chi connectivity index (χ1) is 10.5. The lowest BCUT2D eigenvalue weighted by Crippen LogP contribution is -2.27. The molecular weight excluding hydrogens is 351 g/mol. The average molecular weight is 365 g/mol. The molecule has 0 fully saturated rings. The minimum absolute atomic E-state index is 0.110. The van der Waals surface area contributed by atoms with Gasteiger partial charge in [0.2, 0.25) is 5.91 Å². The predicted molar refractivity (Wildman–Crippen MR) is 86.1 cm³/mol. The zero-order chi connectivity index (χ0) is 15.9. The van der Waals surface area contributed by atoms with E-state index in [0.29, 0.717) is 11.3 Å². The average Bonchev–Trinajstić information content (AvgIpc) is 2.47. The molecule has 0 atom stereocenters. The highest BCUT2D eigenvalue weighted by Gasteiger charge is 2.07. The number of halogens is 2. The molecule has 0 aliphatic heterocycles. The van der Waals surface area contributed by atoms with E-state index in [9.17, 15) is 14.0 Å². The highest BCUT2D eigenvalue weighted by atomic mass is 79.9. The Kier molecular flexibility index (Phi) is 5.66. The van der Waals surface area contributed by atoms with Crippen molar-refractivity contribution in [3.8, 4) is 0 Å². The lowest BCUT2D eigenvalue weighted by molar-refractivity contribution is -0.116. The molecule has 4 nitrogen and oxygen atoms in total. The maximum absolute atomic E-state index is 13.0. The normalized spacial score (nSPS) is 10.1. The number of anilines is 1. The molecule has 2 N–H and O–H groups in total. The van der Waals surface area contributed by atoms with Gasteiger partial charge in [0.05, 0.1) is 0 Å². The second-order valence-corrected chi connectivity index (χ2v) is 5.49. The fraction of sp³-hybridized carbons (Fsp3) is 0.125. The summed E-state index contributed by atoms with van der Waals surface area (Å²) in [6, 6.07) is 12.6. The molecule has 2 aromatic rings. The van der Waals surface area contributed by atoms with Crippen LogP contribution in [0.25, 0.3) is 0 Å². The SMILES string of the molecule is O=C(CCNC(=O)c1ccc(Br)cc1)Nc1cccc(F)c1. The molecule has 0 heterocycles. The first kappa shape index (κ1) is 16.2. The largest absolute Gasteiger partial charge is 0.352 e. The molecule has 0 radical (unpaired) electrons. The molecule has 0 bridgehead atoms. The third-order valence-corrected chi connectivity index (χ3v) is 3.38. The molecular formula is C16H14BrFN2O2. The summed E-state index contributed by atoms with van der Waals surface area (Å²) in [6.45, 7) is 0.204. The van der Waals surface area contributed by atoms with Crippen LogP contribution in [0.3, 0.4) is 0 Å². The summed E-state index contributed by atoms with van der Waals surface area (Å²) >= 11 is 3.29. The Morgan fingerprint density at radius 2 is 1.82 bits per heavy atom. The van der Waals surface area contributed by atoms with Crippen molar-refractivity contribution in [3.63, 3.8) is 0 Å². The van der Waals surface area contributed by atoms with Gasteiger partial charge >= 0.3 is 0 Å². The fourth-order valence-corrected chi connectivity index (χ4v) is 2.05. The smallest absolute Gasteiger partial charge is 0.251 e. The van der Waals surface area contributed by atoms with Crippen molar-refractivity contribution >= 4 is 33.4 Å². The molecule has 6 heteroatoms. The Morgan fingerprint density at radius 1 is 1.09 bits per heavy atom.